The molecule has 0 aliphatic rings. The molecule has 8 nitrogen and oxygen atoms in total. The summed E-state index contributed by atoms with van der Waals surface area (Å²) in [5.74, 6) is 0.0324. The highest BCUT2D eigenvalue weighted by Crippen LogP contribution is 2.06. The summed E-state index contributed by atoms with van der Waals surface area (Å²) < 4.78 is 1.16. The first kappa shape index (κ1) is 15.3. The number of fused-ring (bicyclic) bond motifs is 1. The van der Waals surface area contributed by atoms with Crippen molar-refractivity contribution in [2.75, 3.05) is 5.32 Å². The van der Waals surface area contributed by atoms with Crippen molar-refractivity contribution in [3.63, 3.8) is 0 Å². The Bertz CT molecular complexity index is 988. The van der Waals surface area contributed by atoms with E-state index >= 15 is 0 Å². The molecule has 0 aliphatic heterocycles. The van der Waals surface area contributed by atoms with Gasteiger partial charge >= 0.3 is 0 Å². The number of nitrogens with one attached hydrogen (secondary N) is 1. The highest BCUT2D eigenvalue weighted by Gasteiger charge is 2.08. The van der Waals surface area contributed by atoms with E-state index in [2.05, 4.69) is 20.6 Å². The van der Waals surface area contributed by atoms with Gasteiger partial charge in [-0.25, -0.2) is 9.67 Å². The molecule has 0 atom stereocenters. The number of amides is 1. The Morgan fingerprint density at radius 3 is 2.83 bits per heavy atom. The molecule has 0 radical (unpaired) electrons. The number of benzene rings is 1. The van der Waals surface area contributed by atoms with Gasteiger partial charge in [-0.2, -0.15) is 5.26 Å². The SMILES string of the molecule is N#Cc1ccc(NC(=O)CCn2nnc3ccccc3c2=O)nc1. The summed E-state index contributed by atoms with van der Waals surface area (Å²) in [5, 5.41) is 19.5. The maximum atomic E-state index is 12.3. The molecule has 3 aromatic rings. The van der Waals surface area contributed by atoms with Crippen LogP contribution in [0.4, 0.5) is 5.82 Å². The van der Waals surface area contributed by atoms with Crippen LogP contribution >= 0.6 is 0 Å². The number of anilines is 1. The second-order valence-electron chi connectivity index (χ2n) is 4.98. The number of hydrogen-bond acceptors (Lipinski definition) is 6. The van der Waals surface area contributed by atoms with Gasteiger partial charge in [-0.3, -0.25) is 9.59 Å². The Hall–Kier alpha value is -3.60. The van der Waals surface area contributed by atoms with Gasteiger partial charge in [-0.1, -0.05) is 17.3 Å². The molecule has 0 unspecified atom stereocenters. The predicted octanol–water partition coefficient (Wildman–Crippen LogP) is 1.09. The van der Waals surface area contributed by atoms with E-state index < -0.39 is 0 Å². The average Bonchev–Trinajstić information content (AvgIpc) is 2.62. The monoisotopic (exact) mass is 320 g/mol. The zero-order valence-electron chi connectivity index (χ0n) is 12.5. The van der Waals surface area contributed by atoms with Gasteiger partial charge in [-0.05, 0) is 24.3 Å². The molecular weight excluding hydrogens is 308 g/mol. The van der Waals surface area contributed by atoms with Gasteiger partial charge in [0.2, 0.25) is 5.91 Å². The predicted molar refractivity (Wildman–Crippen MR) is 86.0 cm³/mol. The van der Waals surface area contributed by atoms with Crippen LogP contribution < -0.4 is 10.9 Å². The standard InChI is InChI=1S/C16H12N6O2/c17-9-11-5-6-14(18-10-11)19-15(23)7-8-22-16(24)12-3-1-2-4-13(12)20-21-22/h1-6,10H,7-8H2,(H,18,19,23). The normalized spacial score (nSPS) is 10.3. The third-order valence-electron chi connectivity index (χ3n) is 3.34. The van der Waals surface area contributed by atoms with Crippen LogP contribution in [0, 0.1) is 11.3 Å². The molecule has 2 heterocycles. The van der Waals surface area contributed by atoms with Crippen molar-refractivity contribution in [3.05, 3.63) is 58.5 Å². The van der Waals surface area contributed by atoms with Crippen molar-refractivity contribution in [2.24, 2.45) is 0 Å². The second-order valence-corrected chi connectivity index (χ2v) is 4.98. The molecule has 1 N–H and O–H groups in total. The van der Waals surface area contributed by atoms with Gasteiger partial charge < -0.3 is 5.32 Å². The lowest BCUT2D eigenvalue weighted by Gasteiger charge is -2.06. The fourth-order valence-electron chi connectivity index (χ4n) is 2.12. The molecule has 2 aromatic heterocycles. The number of carbonyl (C=O) groups excluding carboxylic acids is 1. The van der Waals surface area contributed by atoms with E-state index in [4.69, 9.17) is 5.26 Å². The van der Waals surface area contributed by atoms with Gasteiger partial charge in [0.05, 0.1) is 17.5 Å². The fourth-order valence-corrected chi connectivity index (χ4v) is 2.12. The maximum absolute atomic E-state index is 12.3. The summed E-state index contributed by atoms with van der Waals surface area (Å²) in [5.41, 5.74) is 0.640. The van der Waals surface area contributed by atoms with Crippen LogP contribution in [-0.4, -0.2) is 25.9 Å². The highest BCUT2D eigenvalue weighted by molar-refractivity contribution is 5.89. The van der Waals surface area contributed by atoms with E-state index in [9.17, 15) is 9.59 Å². The second kappa shape index (κ2) is 6.66. The van der Waals surface area contributed by atoms with Gasteiger partial charge in [0.15, 0.2) is 0 Å². The fraction of sp³-hybridized carbons (Fsp3) is 0.125. The number of carbonyl (C=O) groups is 1. The highest BCUT2D eigenvalue weighted by atomic mass is 16.2. The average molecular weight is 320 g/mol. The van der Waals surface area contributed by atoms with Crippen LogP contribution in [0.1, 0.15) is 12.0 Å². The molecule has 0 aliphatic carbocycles. The number of nitrogens with zero attached hydrogens (tertiary/aromatic N) is 5. The van der Waals surface area contributed by atoms with Crippen LogP contribution in [0.5, 0.6) is 0 Å². The molecule has 0 saturated heterocycles. The quantitative estimate of drug-likeness (QED) is 0.769. The lowest BCUT2D eigenvalue weighted by molar-refractivity contribution is -0.116. The molecule has 118 valence electrons. The summed E-state index contributed by atoms with van der Waals surface area (Å²) in [6.07, 6.45) is 1.42. The Morgan fingerprint density at radius 2 is 2.08 bits per heavy atom. The van der Waals surface area contributed by atoms with Crippen molar-refractivity contribution in [1.82, 2.24) is 20.0 Å². The summed E-state index contributed by atoms with van der Waals surface area (Å²) in [7, 11) is 0. The molecule has 8 heteroatoms. The Kier molecular flexibility index (Phi) is 4.25. The molecule has 24 heavy (non-hydrogen) atoms. The molecule has 0 saturated carbocycles. The molecule has 1 aromatic carbocycles. The van der Waals surface area contributed by atoms with Gasteiger partial charge in [0.25, 0.3) is 5.56 Å². The number of aryl methyl sites for hydroxylation is 1. The third kappa shape index (κ3) is 3.25. The first-order valence-corrected chi connectivity index (χ1v) is 7.16. The Balaban J connectivity index is 1.67. The summed E-state index contributed by atoms with van der Waals surface area (Å²) in [6.45, 7) is 0.110. The Morgan fingerprint density at radius 1 is 1.25 bits per heavy atom. The smallest absolute Gasteiger partial charge is 0.277 e. The summed E-state index contributed by atoms with van der Waals surface area (Å²) in [4.78, 5) is 28.1. The topological polar surface area (TPSA) is 114 Å². The molecule has 1 amide bonds. The van der Waals surface area contributed by atoms with Crippen molar-refractivity contribution in [2.45, 2.75) is 13.0 Å². The van der Waals surface area contributed by atoms with Crippen LogP contribution in [0.15, 0.2) is 47.4 Å². The number of aromatic nitrogens is 4. The van der Waals surface area contributed by atoms with E-state index in [1.807, 2.05) is 6.07 Å². The maximum Gasteiger partial charge on any atom is 0.277 e. The van der Waals surface area contributed by atoms with Crippen molar-refractivity contribution in [3.8, 4) is 6.07 Å². The largest absolute Gasteiger partial charge is 0.311 e. The van der Waals surface area contributed by atoms with E-state index in [1.165, 1.54) is 6.20 Å². The number of nitriles is 1. The minimum absolute atomic E-state index is 0.0502. The first-order valence-electron chi connectivity index (χ1n) is 7.16. The summed E-state index contributed by atoms with van der Waals surface area (Å²) in [6, 6.07) is 11.9. The Labute approximate surface area is 136 Å². The molecule has 0 spiro atoms. The van der Waals surface area contributed by atoms with Crippen LogP contribution in [-0.2, 0) is 11.3 Å². The van der Waals surface area contributed by atoms with Crippen LogP contribution in [0.3, 0.4) is 0 Å². The first-order chi connectivity index (χ1) is 11.7. The minimum Gasteiger partial charge on any atom is -0.311 e. The number of pyridine rings is 1. The van der Waals surface area contributed by atoms with Gasteiger partial charge in [0, 0.05) is 12.6 Å². The lowest BCUT2D eigenvalue weighted by Crippen LogP contribution is -2.26. The molecule has 0 fully saturated rings. The van der Waals surface area contributed by atoms with E-state index in [0.29, 0.717) is 22.3 Å². The van der Waals surface area contributed by atoms with Gasteiger partial charge in [-0.15, -0.1) is 5.10 Å². The van der Waals surface area contributed by atoms with Crippen LogP contribution in [0.2, 0.25) is 0 Å². The number of hydrogen-bond donors (Lipinski definition) is 1. The third-order valence-corrected chi connectivity index (χ3v) is 3.34. The van der Waals surface area contributed by atoms with Crippen molar-refractivity contribution < 1.29 is 4.79 Å². The van der Waals surface area contributed by atoms with Crippen LogP contribution in [0.25, 0.3) is 10.9 Å². The van der Waals surface area contributed by atoms with E-state index in [0.717, 1.165) is 4.68 Å². The minimum atomic E-state index is -0.311. The molecule has 0 bridgehead atoms. The summed E-state index contributed by atoms with van der Waals surface area (Å²) >= 11 is 0. The lowest BCUT2D eigenvalue weighted by atomic mass is 10.2. The zero-order chi connectivity index (χ0) is 16.9. The zero-order valence-corrected chi connectivity index (χ0v) is 12.5. The van der Waals surface area contributed by atoms with E-state index in [1.54, 1.807) is 36.4 Å². The van der Waals surface area contributed by atoms with Crippen molar-refractivity contribution in [1.29, 1.82) is 5.26 Å². The number of rotatable bonds is 4. The van der Waals surface area contributed by atoms with E-state index in [-0.39, 0.29) is 24.4 Å². The van der Waals surface area contributed by atoms with Gasteiger partial charge in [0.1, 0.15) is 17.4 Å². The molecule has 3 rings (SSSR count). The molecular formula is C16H12N6O2. The van der Waals surface area contributed by atoms with Crippen molar-refractivity contribution >= 4 is 22.6 Å².